The van der Waals surface area contributed by atoms with E-state index in [9.17, 15) is 9.59 Å². The van der Waals surface area contributed by atoms with Crippen LogP contribution in [0.25, 0.3) is 0 Å². The smallest absolute Gasteiger partial charge is 0.317 e. The molecule has 2 aliphatic rings. The second-order valence-electron chi connectivity index (χ2n) is 4.93. The minimum Gasteiger partial charge on any atom is -0.480 e. The first kappa shape index (κ1) is 14.2. The number of nitrogens with one attached hydrogen (secondary N) is 1. The van der Waals surface area contributed by atoms with Crippen molar-refractivity contribution in [1.29, 1.82) is 0 Å². The lowest BCUT2D eigenvalue weighted by molar-refractivity contribution is -0.138. The molecule has 19 heavy (non-hydrogen) atoms. The van der Waals surface area contributed by atoms with Gasteiger partial charge in [0.2, 0.25) is 5.91 Å². The lowest BCUT2D eigenvalue weighted by Crippen LogP contribution is -2.53. The third kappa shape index (κ3) is 4.15. The summed E-state index contributed by atoms with van der Waals surface area (Å²) in [6.45, 7) is 4.44. The van der Waals surface area contributed by atoms with Crippen LogP contribution >= 0.6 is 0 Å². The van der Waals surface area contributed by atoms with Crippen molar-refractivity contribution in [3.8, 4) is 0 Å². The van der Waals surface area contributed by atoms with Gasteiger partial charge in [-0.25, -0.2) is 0 Å². The molecule has 0 aliphatic carbocycles. The first-order valence-corrected chi connectivity index (χ1v) is 6.71. The summed E-state index contributed by atoms with van der Waals surface area (Å²) < 4.78 is 5.30. The highest BCUT2D eigenvalue weighted by atomic mass is 16.5. The molecule has 2 heterocycles. The molecule has 1 atom stereocenters. The fraction of sp³-hybridized carbons (Fsp3) is 0.833. The fourth-order valence-electron chi connectivity index (χ4n) is 2.49. The molecule has 1 unspecified atom stereocenters. The maximum atomic E-state index is 12.3. The van der Waals surface area contributed by atoms with Crippen molar-refractivity contribution in [3.63, 3.8) is 0 Å². The molecule has 2 N–H and O–H groups in total. The first-order chi connectivity index (χ1) is 9.16. The molecule has 2 fully saturated rings. The van der Waals surface area contributed by atoms with E-state index < -0.39 is 5.97 Å². The zero-order valence-electron chi connectivity index (χ0n) is 11.0. The summed E-state index contributed by atoms with van der Waals surface area (Å²) in [5, 5.41) is 11.9. The lowest BCUT2D eigenvalue weighted by atomic mass is 10.2. The van der Waals surface area contributed by atoms with Crippen LogP contribution in [-0.2, 0) is 14.3 Å². The molecule has 7 nitrogen and oxygen atoms in total. The standard InChI is InChI=1S/C12H21N3O4/c16-11(17)8-14-3-1-4-15(6-5-14)12(18)10-9-19-7-2-13-10/h10,13H,1-9H2,(H,16,17). The third-order valence-corrected chi connectivity index (χ3v) is 3.48. The number of rotatable bonds is 3. The van der Waals surface area contributed by atoms with E-state index in [4.69, 9.17) is 9.84 Å². The van der Waals surface area contributed by atoms with Gasteiger partial charge < -0.3 is 20.1 Å². The minimum atomic E-state index is -0.817. The summed E-state index contributed by atoms with van der Waals surface area (Å²) >= 11 is 0. The van der Waals surface area contributed by atoms with Gasteiger partial charge in [-0.05, 0) is 6.42 Å². The maximum Gasteiger partial charge on any atom is 0.317 e. The van der Waals surface area contributed by atoms with Crippen molar-refractivity contribution in [2.24, 2.45) is 0 Å². The fourth-order valence-corrected chi connectivity index (χ4v) is 2.49. The summed E-state index contributed by atoms with van der Waals surface area (Å²) in [5.41, 5.74) is 0. The van der Waals surface area contributed by atoms with Gasteiger partial charge in [-0.1, -0.05) is 0 Å². The molecule has 108 valence electrons. The predicted octanol–water partition coefficient (Wildman–Crippen LogP) is -1.41. The summed E-state index contributed by atoms with van der Waals surface area (Å²) in [6, 6.07) is -0.250. The topological polar surface area (TPSA) is 82.1 Å². The number of carboxylic acid groups (broad SMARTS) is 1. The average molecular weight is 271 g/mol. The van der Waals surface area contributed by atoms with Crippen LogP contribution in [0.15, 0.2) is 0 Å². The van der Waals surface area contributed by atoms with Crippen molar-refractivity contribution < 1.29 is 19.4 Å². The van der Waals surface area contributed by atoms with Gasteiger partial charge in [-0.15, -0.1) is 0 Å². The van der Waals surface area contributed by atoms with Crippen molar-refractivity contribution in [2.75, 3.05) is 52.5 Å². The van der Waals surface area contributed by atoms with Gasteiger partial charge in [0.15, 0.2) is 0 Å². The van der Waals surface area contributed by atoms with Crippen LogP contribution < -0.4 is 5.32 Å². The lowest BCUT2D eigenvalue weighted by Gasteiger charge is -2.29. The number of ether oxygens (including phenoxy) is 1. The Bertz CT molecular complexity index is 331. The highest BCUT2D eigenvalue weighted by Crippen LogP contribution is 2.06. The number of amides is 1. The normalized spacial score (nSPS) is 25.9. The third-order valence-electron chi connectivity index (χ3n) is 3.48. The van der Waals surface area contributed by atoms with E-state index in [0.29, 0.717) is 39.4 Å². The predicted molar refractivity (Wildman–Crippen MR) is 67.9 cm³/mol. The van der Waals surface area contributed by atoms with Gasteiger partial charge >= 0.3 is 5.97 Å². The van der Waals surface area contributed by atoms with Crippen LogP contribution in [-0.4, -0.2) is 85.3 Å². The number of hydrogen-bond acceptors (Lipinski definition) is 5. The zero-order valence-corrected chi connectivity index (χ0v) is 11.0. The molecule has 0 radical (unpaired) electrons. The number of aliphatic carboxylic acids is 1. The first-order valence-electron chi connectivity index (χ1n) is 6.71. The van der Waals surface area contributed by atoms with E-state index in [2.05, 4.69) is 5.32 Å². The molecular formula is C12H21N3O4. The maximum absolute atomic E-state index is 12.3. The van der Waals surface area contributed by atoms with E-state index in [-0.39, 0.29) is 18.5 Å². The Morgan fingerprint density at radius 2 is 2.11 bits per heavy atom. The Labute approximate surface area is 112 Å². The van der Waals surface area contributed by atoms with Gasteiger partial charge in [0.1, 0.15) is 6.04 Å². The van der Waals surface area contributed by atoms with Crippen molar-refractivity contribution >= 4 is 11.9 Å². The van der Waals surface area contributed by atoms with E-state index in [1.807, 2.05) is 9.80 Å². The number of nitrogens with zero attached hydrogens (tertiary/aromatic N) is 2. The van der Waals surface area contributed by atoms with Gasteiger partial charge in [-0.2, -0.15) is 0 Å². The van der Waals surface area contributed by atoms with Gasteiger partial charge in [0.25, 0.3) is 0 Å². The van der Waals surface area contributed by atoms with Crippen LogP contribution in [0.2, 0.25) is 0 Å². The van der Waals surface area contributed by atoms with Crippen LogP contribution in [0.3, 0.4) is 0 Å². The van der Waals surface area contributed by atoms with Crippen molar-refractivity contribution in [2.45, 2.75) is 12.5 Å². The average Bonchev–Trinajstić information content (AvgIpc) is 2.64. The number of carboxylic acids is 1. The highest BCUT2D eigenvalue weighted by molar-refractivity contribution is 5.82. The Balaban J connectivity index is 1.84. The molecule has 2 rings (SSSR count). The number of carbonyl (C=O) groups is 2. The van der Waals surface area contributed by atoms with Gasteiger partial charge in [0.05, 0.1) is 19.8 Å². The molecular weight excluding hydrogens is 250 g/mol. The second-order valence-corrected chi connectivity index (χ2v) is 4.93. The summed E-state index contributed by atoms with van der Waals surface area (Å²) in [6.07, 6.45) is 0.812. The molecule has 0 aromatic rings. The number of morpholine rings is 1. The minimum absolute atomic E-state index is 0.0484. The van der Waals surface area contributed by atoms with Gasteiger partial charge in [0, 0.05) is 32.7 Å². The summed E-state index contributed by atoms with van der Waals surface area (Å²) in [4.78, 5) is 26.7. The Morgan fingerprint density at radius 3 is 2.79 bits per heavy atom. The Kier molecular flexibility index (Phi) is 5.12. The Morgan fingerprint density at radius 1 is 1.26 bits per heavy atom. The zero-order chi connectivity index (χ0) is 13.7. The molecule has 7 heteroatoms. The Hall–Kier alpha value is -1.18. The SMILES string of the molecule is O=C(O)CN1CCCN(C(=O)C2COCCN2)CC1. The molecule has 0 bridgehead atoms. The molecule has 0 spiro atoms. The van der Waals surface area contributed by atoms with Crippen molar-refractivity contribution in [1.82, 2.24) is 15.1 Å². The number of hydrogen-bond donors (Lipinski definition) is 2. The van der Waals surface area contributed by atoms with Crippen LogP contribution in [0.4, 0.5) is 0 Å². The van der Waals surface area contributed by atoms with E-state index in [0.717, 1.165) is 13.0 Å². The van der Waals surface area contributed by atoms with Crippen LogP contribution in [0.5, 0.6) is 0 Å². The molecule has 0 saturated carbocycles. The molecule has 0 aromatic heterocycles. The molecule has 0 aromatic carbocycles. The van der Waals surface area contributed by atoms with E-state index in [1.165, 1.54) is 0 Å². The van der Waals surface area contributed by atoms with E-state index >= 15 is 0 Å². The van der Waals surface area contributed by atoms with Crippen LogP contribution in [0.1, 0.15) is 6.42 Å². The van der Waals surface area contributed by atoms with Crippen LogP contribution in [0, 0.1) is 0 Å². The quantitative estimate of drug-likeness (QED) is 0.656. The molecule has 2 aliphatic heterocycles. The summed E-state index contributed by atoms with van der Waals surface area (Å²) in [7, 11) is 0. The monoisotopic (exact) mass is 271 g/mol. The second kappa shape index (κ2) is 6.83. The highest BCUT2D eigenvalue weighted by Gasteiger charge is 2.27. The van der Waals surface area contributed by atoms with Crippen molar-refractivity contribution in [3.05, 3.63) is 0 Å². The van der Waals surface area contributed by atoms with Gasteiger partial charge in [-0.3, -0.25) is 14.5 Å². The largest absolute Gasteiger partial charge is 0.480 e. The summed E-state index contributed by atoms with van der Waals surface area (Å²) in [5.74, 6) is -0.751. The molecule has 1 amide bonds. The molecule has 2 saturated heterocycles. The number of carbonyl (C=O) groups excluding carboxylic acids is 1. The van der Waals surface area contributed by atoms with E-state index in [1.54, 1.807) is 0 Å².